The summed E-state index contributed by atoms with van der Waals surface area (Å²) in [5, 5.41) is 8.68. The number of piperazine rings is 1. The molecule has 3 aromatic carbocycles. The number of nitrogens with two attached hydrogens (primary N) is 1. The molecule has 0 bridgehead atoms. The highest BCUT2D eigenvalue weighted by Gasteiger charge is 2.43. The number of aromatic nitrogens is 1. The van der Waals surface area contributed by atoms with E-state index in [-0.39, 0.29) is 58.8 Å². The number of sulfonamides is 1. The summed E-state index contributed by atoms with van der Waals surface area (Å²) in [5.74, 6) is -0.0159. The van der Waals surface area contributed by atoms with Crippen molar-refractivity contribution in [2.45, 2.75) is 44.2 Å². The van der Waals surface area contributed by atoms with Crippen molar-refractivity contribution in [1.29, 1.82) is 5.41 Å². The second-order valence-corrected chi connectivity index (χ2v) is 14.9. The molecule has 0 spiro atoms. The maximum Gasteiger partial charge on any atom is 0.253 e. The van der Waals surface area contributed by atoms with Gasteiger partial charge in [-0.05, 0) is 80.8 Å². The van der Waals surface area contributed by atoms with Crippen LogP contribution >= 0.6 is 23.2 Å². The molecule has 2 amide bonds. The van der Waals surface area contributed by atoms with Gasteiger partial charge in [0.15, 0.2) is 0 Å². The summed E-state index contributed by atoms with van der Waals surface area (Å²) in [6, 6.07) is 16.0. The molecule has 1 unspecified atom stereocenters. The van der Waals surface area contributed by atoms with E-state index in [1.165, 1.54) is 16.4 Å². The van der Waals surface area contributed by atoms with E-state index >= 15 is 0 Å². The highest BCUT2D eigenvalue weighted by molar-refractivity contribution is 7.89. The number of aryl methyl sites for hydroxylation is 2. The molecule has 2 saturated heterocycles. The molecule has 6 rings (SSSR count). The van der Waals surface area contributed by atoms with Gasteiger partial charge in [-0.3, -0.25) is 20.0 Å². The van der Waals surface area contributed by atoms with Crippen LogP contribution in [0.5, 0.6) is 5.75 Å². The maximum atomic E-state index is 14.1. The topological polar surface area (TPSA) is 150 Å². The average molecular weight is 724 g/mol. The van der Waals surface area contributed by atoms with E-state index in [1.807, 2.05) is 32.0 Å². The Balaban J connectivity index is 1.14. The van der Waals surface area contributed by atoms with E-state index in [0.29, 0.717) is 48.4 Å². The lowest BCUT2D eigenvalue weighted by molar-refractivity contribution is -0.136. The highest BCUT2D eigenvalue weighted by Crippen LogP contribution is 2.36. The number of nitrogens with zero attached hydrogens (tertiary/aromatic N) is 4. The number of benzene rings is 3. The minimum absolute atomic E-state index is 0.0525. The fourth-order valence-electron chi connectivity index (χ4n) is 6.41. The van der Waals surface area contributed by atoms with E-state index in [2.05, 4.69) is 4.98 Å². The minimum atomic E-state index is -4.19. The lowest BCUT2D eigenvalue weighted by atomic mass is 10.1. The van der Waals surface area contributed by atoms with Gasteiger partial charge in [0.1, 0.15) is 29.1 Å². The number of carbonyl (C=O) groups is 2. The molecule has 4 aromatic rings. The van der Waals surface area contributed by atoms with Crippen LogP contribution in [0.3, 0.4) is 0 Å². The SMILES string of the molecule is Cc1cc(C)c2cc(OCc3c(Cl)ccc(S(=O)(=O)N4CCCC4C(=O)N4CCN(C(=O)c5ccc(C(=N)N)cc5)CC4)c3Cl)ccc2n1. The Kier molecular flexibility index (Phi) is 9.86. The first-order valence-electron chi connectivity index (χ1n) is 15.9. The number of hydrogen-bond donors (Lipinski definition) is 2. The van der Waals surface area contributed by atoms with Crippen molar-refractivity contribution < 1.29 is 22.7 Å². The van der Waals surface area contributed by atoms with Crippen LogP contribution in [0.1, 0.15) is 45.6 Å². The molecule has 3 heterocycles. The van der Waals surface area contributed by atoms with Crippen molar-refractivity contribution >= 4 is 61.8 Å². The van der Waals surface area contributed by atoms with Gasteiger partial charge in [-0.25, -0.2) is 8.42 Å². The molecule has 14 heteroatoms. The molecule has 11 nitrogen and oxygen atoms in total. The summed E-state index contributed by atoms with van der Waals surface area (Å²) in [5.41, 5.74) is 9.64. The Labute approximate surface area is 295 Å². The third-order valence-electron chi connectivity index (χ3n) is 9.05. The third-order valence-corrected chi connectivity index (χ3v) is 11.9. The summed E-state index contributed by atoms with van der Waals surface area (Å²) < 4.78 is 35.4. The zero-order valence-corrected chi connectivity index (χ0v) is 29.4. The Hall–Kier alpha value is -4.23. The predicted molar refractivity (Wildman–Crippen MR) is 189 cm³/mol. The molecule has 0 aliphatic carbocycles. The fraction of sp³-hybridized carbons (Fsp3) is 0.314. The molecule has 1 atom stereocenters. The smallest absolute Gasteiger partial charge is 0.253 e. The van der Waals surface area contributed by atoms with Crippen molar-refractivity contribution in [2.24, 2.45) is 5.73 Å². The van der Waals surface area contributed by atoms with Crippen molar-refractivity contribution in [3.8, 4) is 5.75 Å². The first kappa shape index (κ1) is 34.6. The van der Waals surface area contributed by atoms with Crippen molar-refractivity contribution in [1.82, 2.24) is 19.1 Å². The van der Waals surface area contributed by atoms with Crippen molar-refractivity contribution in [2.75, 3.05) is 32.7 Å². The first-order valence-corrected chi connectivity index (χ1v) is 18.1. The van der Waals surface area contributed by atoms with Gasteiger partial charge in [-0.2, -0.15) is 4.31 Å². The molecular formula is C35H36Cl2N6O5S. The fourth-order valence-corrected chi connectivity index (χ4v) is 8.93. The number of hydrogen-bond acceptors (Lipinski definition) is 7. The monoisotopic (exact) mass is 722 g/mol. The second kappa shape index (κ2) is 13.9. The Morgan fingerprint density at radius 1 is 0.939 bits per heavy atom. The number of fused-ring (bicyclic) bond motifs is 1. The van der Waals surface area contributed by atoms with Crippen LogP contribution in [0.4, 0.5) is 0 Å². The van der Waals surface area contributed by atoms with E-state index in [0.717, 1.165) is 22.2 Å². The molecule has 1 aromatic heterocycles. The number of nitrogen functional groups attached to an aromatic ring is 1. The standard InChI is InChI=1S/C35H36Cl2N6O5S/c1-21-18-22(2)40-29-11-9-25(19-26(21)29)48-20-27-28(36)10-12-31(32(27)37)49(46,47)43-13-3-4-30(43)35(45)42-16-14-41(15-17-42)34(44)24-7-5-23(6-8-24)33(38)39/h5-12,18-19,30H,3-4,13-17,20H2,1-2H3,(H3,38,39). The molecule has 2 aliphatic rings. The van der Waals surface area contributed by atoms with Gasteiger partial charge in [0.2, 0.25) is 15.9 Å². The molecule has 2 aliphatic heterocycles. The molecule has 0 saturated carbocycles. The molecule has 49 heavy (non-hydrogen) atoms. The van der Waals surface area contributed by atoms with Gasteiger partial charge in [0.25, 0.3) is 5.91 Å². The van der Waals surface area contributed by atoms with Crippen LogP contribution in [0.25, 0.3) is 10.9 Å². The van der Waals surface area contributed by atoms with E-state index in [1.54, 1.807) is 40.1 Å². The minimum Gasteiger partial charge on any atom is -0.489 e. The summed E-state index contributed by atoms with van der Waals surface area (Å²) in [4.78, 5) is 34.5. The summed E-state index contributed by atoms with van der Waals surface area (Å²) in [6.45, 7) is 5.18. The van der Waals surface area contributed by atoms with Crippen LogP contribution < -0.4 is 10.5 Å². The summed E-state index contributed by atoms with van der Waals surface area (Å²) >= 11 is 13.3. The van der Waals surface area contributed by atoms with Gasteiger partial charge in [-0.1, -0.05) is 35.3 Å². The normalized spacial score (nSPS) is 17.0. The van der Waals surface area contributed by atoms with Crippen LogP contribution in [-0.2, 0) is 21.4 Å². The number of halogens is 2. The Bertz CT molecular complexity index is 2070. The van der Waals surface area contributed by atoms with E-state index in [9.17, 15) is 18.0 Å². The number of amides is 2. The average Bonchev–Trinajstić information content (AvgIpc) is 3.59. The van der Waals surface area contributed by atoms with Gasteiger partial charge in [0.05, 0.1) is 10.5 Å². The largest absolute Gasteiger partial charge is 0.489 e. The van der Waals surface area contributed by atoms with Crippen molar-refractivity contribution in [3.63, 3.8) is 0 Å². The summed E-state index contributed by atoms with van der Waals surface area (Å²) in [7, 11) is -4.19. The van der Waals surface area contributed by atoms with Crippen LogP contribution in [0, 0.1) is 19.3 Å². The van der Waals surface area contributed by atoms with Gasteiger partial charge in [0, 0.05) is 65.5 Å². The Morgan fingerprint density at radius 2 is 1.61 bits per heavy atom. The van der Waals surface area contributed by atoms with Crippen LogP contribution in [-0.4, -0.2) is 83.9 Å². The number of pyridine rings is 1. The quantitative estimate of drug-likeness (QED) is 0.188. The molecule has 0 radical (unpaired) electrons. The number of nitrogens with one attached hydrogen (secondary N) is 1. The van der Waals surface area contributed by atoms with E-state index in [4.69, 9.17) is 39.1 Å². The zero-order chi connectivity index (χ0) is 35.0. The third kappa shape index (κ3) is 6.96. The zero-order valence-electron chi connectivity index (χ0n) is 27.1. The van der Waals surface area contributed by atoms with E-state index < -0.39 is 16.1 Å². The second-order valence-electron chi connectivity index (χ2n) is 12.3. The molecular weight excluding hydrogens is 687 g/mol. The Morgan fingerprint density at radius 3 is 2.31 bits per heavy atom. The van der Waals surface area contributed by atoms with Gasteiger partial charge in [-0.15, -0.1) is 0 Å². The lowest BCUT2D eigenvalue weighted by Crippen LogP contribution is -2.55. The number of carbonyl (C=O) groups excluding carboxylic acids is 2. The number of rotatable bonds is 8. The molecule has 256 valence electrons. The first-order chi connectivity index (χ1) is 23.3. The number of ether oxygens (including phenoxy) is 1. The number of amidine groups is 1. The van der Waals surface area contributed by atoms with Crippen molar-refractivity contribution in [3.05, 3.63) is 98.7 Å². The van der Waals surface area contributed by atoms with Gasteiger partial charge >= 0.3 is 0 Å². The lowest BCUT2D eigenvalue weighted by Gasteiger charge is -2.37. The highest BCUT2D eigenvalue weighted by atomic mass is 35.5. The molecule has 3 N–H and O–H groups in total. The van der Waals surface area contributed by atoms with Crippen LogP contribution in [0.15, 0.2) is 65.6 Å². The molecule has 2 fully saturated rings. The van der Waals surface area contributed by atoms with Gasteiger partial charge < -0.3 is 20.3 Å². The predicted octanol–water partition coefficient (Wildman–Crippen LogP) is 5.16. The van der Waals surface area contributed by atoms with Crippen LogP contribution in [0.2, 0.25) is 10.0 Å². The maximum absolute atomic E-state index is 14.1. The summed E-state index contributed by atoms with van der Waals surface area (Å²) in [6.07, 6.45) is 0.887.